The predicted molar refractivity (Wildman–Crippen MR) is 142 cm³/mol. The first-order chi connectivity index (χ1) is 17.1. The molecule has 0 aliphatic heterocycles. The highest BCUT2D eigenvalue weighted by Crippen LogP contribution is 2.65. The number of rotatable bonds is 8. The molecule has 0 radical (unpaired) electrons. The third-order valence-electron chi connectivity index (χ3n) is 11.5. The van der Waals surface area contributed by atoms with Crippen molar-refractivity contribution in [2.24, 2.45) is 34.5 Å². The van der Waals surface area contributed by atoms with Crippen molar-refractivity contribution in [3.63, 3.8) is 0 Å². The molecule has 0 aromatic carbocycles. The van der Waals surface area contributed by atoms with E-state index in [1.165, 1.54) is 109 Å². The Kier molecular flexibility index (Phi) is 8.64. The average molecular weight is 487 g/mol. The molecule has 0 atom stereocenters. The second-order valence-electron chi connectivity index (χ2n) is 13.6. The Morgan fingerprint density at radius 2 is 0.914 bits per heavy atom. The zero-order chi connectivity index (χ0) is 24.3. The topological polar surface area (TPSA) is 35.5 Å². The normalized spacial score (nSPS) is 44.5. The van der Waals surface area contributed by atoms with E-state index in [1.807, 2.05) is 0 Å². The van der Waals surface area contributed by atoms with Crippen LogP contribution < -0.4 is 0 Å². The molecule has 5 fully saturated rings. The van der Waals surface area contributed by atoms with Crippen LogP contribution >= 0.6 is 0 Å². The Morgan fingerprint density at radius 1 is 0.571 bits per heavy atom. The van der Waals surface area contributed by atoms with E-state index in [1.54, 1.807) is 0 Å². The summed E-state index contributed by atoms with van der Waals surface area (Å²) in [4.78, 5) is 13.7. The molecule has 0 aromatic heterocycles. The first kappa shape index (κ1) is 26.2. The fourth-order valence-electron chi connectivity index (χ4n) is 9.42. The van der Waals surface area contributed by atoms with Crippen LogP contribution in [-0.4, -0.2) is 31.2 Å². The molecule has 0 unspecified atom stereocenters. The molecule has 5 saturated carbocycles. The van der Waals surface area contributed by atoms with E-state index < -0.39 is 0 Å². The zero-order valence-corrected chi connectivity index (χ0v) is 23.0. The molecule has 3 heteroatoms. The molecular formula is C32H54O3. The molecule has 0 aromatic rings. The van der Waals surface area contributed by atoms with Gasteiger partial charge in [-0.1, -0.05) is 13.8 Å². The summed E-state index contributed by atoms with van der Waals surface area (Å²) in [6.45, 7) is 6.27. The van der Waals surface area contributed by atoms with Gasteiger partial charge in [0.1, 0.15) is 5.78 Å². The highest BCUT2D eigenvalue weighted by molar-refractivity contribution is 5.96. The summed E-state index contributed by atoms with van der Waals surface area (Å²) in [7, 11) is 0. The van der Waals surface area contributed by atoms with Gasteiger partial charge in [0.25, 0.3) is 0 Å². The lowest BCUT2D eigenvalue weighted by molar-refractivity contribution is -0.170. The summed E-state index contributed by atoms with van der Waals surface area (Å²) in [6, 6.07) is 0. The van der Waals surface area contributed by atoms with Crippen LogP contribution in [0.3, 0.4) is 0 Å². The highest BCUT2D eigenvalue weighted by Gasteiger charge is 2.63. The Labute approximate surface area is 215 Å². The number of carbonyl (C=O) groups excluding carboxylic acids is 1. The van der Waals surface area contributed by atoms with E-state index in [2.05, 4.69) is 13.8 Å². The van der Waals surface area contributed by atoms with Gasteiger partial charge in [-0.3, -0.25) is 4.79 Å². The van der Waals surface area contributed by atoms with Gasteiger partial charge in [-0.2, -0.15) is 0 Å². The number of hydrogen-bond acceptors (Lipinski definition) is 3. The van der Waals surface area contributed by atoms with Crippen LogP contribution in [0, 0.1) is 34.5 Å². The molecular weight excluding hydrogens is 432 g/mol. The molecule has 0 bridgehead atoms. The van der Waals surface area contributed by atoms with Gasteiger partial charge >= 0.3 is 0 Å². The molecule has 35 heavy (non-hydrogen) atoms. The van der Waals surface area contributed by atoms with Gasteiger partial charge in [-0.25, -0.2) is 0 Å². The summed E-state index contributed by atoms with van der Waals surface area (Å²) >= 11 is 0. The van der Waals surface area contributed by atoms with Crippen LogP contribution in [0.25, 0.3) is 0 Å². The molecule has 200 valence electrons. The van der Waals surface area contributed by atoms with Crippen molar-refractivity contribution in [1.29, 1.82) is 0 Å². The van der Waals surface area contributed by atoms with Crippen molar-refractivity contribution < 1.29 is 14.3 Å². The van der Waals surface area contributed by atoms with Crippen molar-refractivity contribution in [2.45, 2.75) is 148 Å². The van der Waals surface area contributed by atoms with Gasteiger partial charge in [-0.15, -0.1) is 0 Å². The monoisotopic (exact) mass is 486 g/mol. The molecule has 3 nitrogen and oxygen atoms in total. The highest BCUT2D eigenvalue weighted by atomic mass is 16.5. The Hall–Kier alpha value is -0.410. The van der Waals surface area contributed by atoms with Crippen LogP contribution in [0.15, 0.2) is 0 Å². The minimum Gasteiger partial charge on any atom is -0.378 e. The Balaban J connectivity index is 1.03. The number of ether oxygens (including phenoxy) is 2. The molecule has 5 aliphatic rings. The number of ketones is 1. The van der Waals surface area contributed by atoms with Gasteiger partial charge in [0.2, 0.25) is 0 Å². The van der Waals surface area contributed by atoms with Crippen molar-refractivity contribution in [3.05, 3.63) is 0 Å². The molecule has 5 rings (SSSR count). The minimum absolute atomic E-state index is 0.0967. The first-order valence-corrected chi connectivity index (χ1v) is 15.9. The van der Waals surface area contributed by atoms with Crippen LogP contribution in [-0.2, 0) is 14.3 Å². The number of hydrogen-bond donors (Lipinski definition) is 0. The maximum Gasteiger partial charge on any atom is 0.145 e. The minimum atomic E-state index is 0.0967. The average Bonchev–Trinajstić information content (AvgIpc) is 2.92. The maximum absolute atomic E-state index is 13.7. The summed E-state index contributed by atoms with van der Waals surface area (Å²) in [5.74, 6) is 4.27. The second-order valence-corrected chi connectivity index (χ2v) is 13.6. The van der Waals surface area contributed by atoms with Crippen molar-refractivity contribution >= 4 is 5.78 Å². The summed E-state index contributed by atoms with van der Waals surface area (Å²) in [5, 5.41) is 0. The Morgan fingerprint density at radius 3 is 1.23 bits per heavy atom. The standard InChI is InChI=1S/C32H54O3/c1-3-21-34-28-9-5-24(6-10-28)26-13-17-31(18-14-26)23-32(30(31)33)19-15-27(16-20-32)25-7-11-29(12-8-25)35-22-4-2/h24-29H,3-23H2,1-2H3/t24-,25-,26?,27?,28-,29-,31?,32?. The SMILES string of the molecule is CCCO[C@H]1CC[C@H](C2CCC3(CC2)CC2(CCC([C@H]4CC[C@H](OCCC)CC4)CC2)C3=O)CC1. The maximum atomic E-state index is 13.7. The van der Waals surface area contributed by atoms with Gasteiger partial charge < -0.3 is 9.47 Å². The largest absolute Gasteiger partial charge is 0.378 e. The van der Waals surface area contributed by atoms with Gasteiger partial charge in [0, 0.05) is 24.0 Å². The fraction of sp³-hybridized carbons (Fsp3) is 0.969. The van der Waals surface area contributed by atoms with Crippen molar-refractivity contribution in [3.8, 4) is 0 Å². The Bertz CT molecular complexity index is 613. The van der Waals surface area contributed by atoms with E-state index in [4.69, 9.17) is 9.47 Å². The lowest BCUT2D eigenvalue weighted by atomic mass is 9.42. The summed E-state index contributed by atoms with van der Waals surface area (Å²) in [5.41, 5.74) is 0.193. The van der Waals surface area contributed by atoms with E-state index in [-0.39, 0.29) is 10.8 Å². The summed E-state index contributed by atoms with van der Waals surface area (Å²) in [6.07, 6.45) is 25.2. The van der Waals surface area contributed by atoms with Gasteiger partial charge in [0.05, 0.1) is 12.2 Å². The number of Topliss-reactive ketones (excluding diaryl/α,β-unsaturated/α-hetero) is 1. The van der Waals surface area contributed by atoms with E-state index >= 15 is 0 Å². The molecule has 5 aliphatic carbocycles. The zero-order valence-electron chi connectivity index (χ0n) is 23.0. The molecule has 0 heterocycles. The van der Waals surface area contributed by atoms with Gasteiger partial charge in [-0.05, 0) is 146 Å². The molecule has 0 saturated heterocycles. The third kappa shape index (κ3) is 5.57. The third-order valence-corrected chi connectivity index (χ3v) is 11.5. The van der Waals surface area contributed by atoms with Crippen molar-refractivity contribution in [1.82, 2.24) is 0 Å². The first-order valence-electron chi connectivity index (χ1n) is 15.9. The van der Waals surface area contributed by atoms with Crippen LogP contribution in [0.2, 0.25) is 0 Å². The molecule has 0 amide bonds. The van der Waals surface area contributed by atoms with Crippen LogP contribution in [0.5, 0.6) is 0 Å². The quantitative estimate of drug-likeness (QED) is 0.346. The molecule has 0 N–H and O–H groups in total. The lowest BCUT2D eigenvalue weighted by Gasteiger charge is -2.60. The summed E-state index contributed by atoms with van der Waals surface area (Å²) < 4.78 is 12.0. The molecule has 2 spiro atoms. The second kappa shape index (κ2) is 11.5. The van der Waals surface area contributed by atoms with E-state index in [0.29, 0.717) is 12.2 Å². The van der Waals surface area contributed by atoms with Crippen LogP contribution in [0.4, 0.5) is 0 Å². The lowest BCUT2D eigenvalue weighted by Crippen LogP contribution is -2.60. The fourth-order valence-corrected chi connectivity index (χ4v) is 9.42. The van der Waals surface area contributed by atoms with Crippen LogP contribution in [0.1, 0.15) is 136 Å². The van der Waals surface area contributed by atoms with Gasteiger partial charge in [0.15, 0.2) is 0 Å². The van der Waals surface area contributed by atoms with E-state index in [0.717, 1.165) is 55.5 Å². The van der Waals surface area contributed by atoms with Crippen molar-refractivity contribution in [2.75, 3.05) is 13.2 Å². The predicted octanol–water partition coefficient (Wildman–Crippen LogP) is 8.28. The van der Waals surface area contributed by atoms with E-state index in [9.17, 15) is 4.79 Å². The number of carbonyl (C=O) groups is 1. The smallest absolute Gasteiger partial charge is 0.145 e.